The van der Waals surface area contributed by atoms with Crippen molar-refractivity contribution in [2.45, 2.75) is 19.4 Å². The number of nitrogens with two attached hydrogens (primary N) is 1. The average Bonchev–Trinajstić information content (AvgIpc) is 2.12. The Bertz CT molecular complexity index is 355. The normalized spacial score (nSPS) is 11.9. The molecule has 0 radical (unpaired) electrons. The maximum Gasteiger partial charge on any atom is 0.142 e. The van der Waals surface area contributed by atoms with Gasteiger partial charge in [0.25, 0.3) is 0 Å². The predicted molar refractivity (Wildman–Crippen MR) is 49.7 cm³/mol. The Hall–Kier alpha value is -0.710. The molecule has 0 amide bonds. The lowest BCUT2D eigenvalue weighted by Crippen LogP contribution is -2.27. The molecule has 14 heavy (non-hydrogen) atoms. The van der Waals surface area contributed by atoms with E-state index < -0.39 is 17.2 Å². The third-order valence-electron chi connectivity index (χ3n) is 1.94. The van der Waals surface area contributed by atoms with Crippen molar-refractivity contribution in [3.63, 3.8) is 0 Å². The summed E-state index contributed by atoms with van der Waals surface area (Å²) in [6.45, 7) is 2.99. The van der Waals surface area contributed by atoms with Crippen molar-refractivity contribution in [3.8, 4) is 0 Å². The van der Waals surface area contributed by atoms with Gasteiger partial charge in [0.2, 0.25) is 0 Å². The van der Waals surface area contributed by atoms with Gasteiger partial charge in [-0.3, -0.25) is 4.84 Å². The summed E-state index contributed by atoms with van der Waals surface area (Å²) >= 11 is 5.61. The summed E-state index contributed by atoms with van der Waals surface area (Å²) < 4.78 is 26.4. The Balaban J connectivity index is 3.40. The fourth-order valence-electron chi connectivity index (χ4n) is 1.14. The predicted octanol–water partition coefficient (Wildman–Crippen LogP) is 2.74. The number of hydrogen-bond donors (Lipinski definition) is 1. The van der Waals surface area contributed by atoms with Crippen molar-refractivity contribution < 1.29 is 13.6 Å². The summed E-state index contributed by atoms with van der Waals surface area (Å²) in [6, 6.07) is 1.94. The topological polar surface area (TPSA) is 35.2 Å². The molecule has 2 nitrogen and oxygen atoms in total. The van der Waals surface area contributed by atoms with Crippen LogP contribution in [0.15, 0.2) is 12.1 Å². The molecule has 0 heterocycles. The van der Waals surface area contributed by atoms with E-state index in [4.69, 9.17) is 17.5 Å². The highest BCUT2D eigenvalue weighted by Gasteiger charge is 2.29. The third-order valence-corrected chi connectivity index (χ3v) is 2.31. The van der Waals surface area contributed by atoms with Gasteiger partial charge in [0.15, 0.2) is 0 Å². The molecule has 0 atom stereocenters. The standard InChI is InChI=1S/C9H10ClF2NO/c1-9(2,14-13)7-5(11)3-4-6(12)8(7)10/h3-4H,13H2,1-2H3. The fourth-order valence-corrected chi connectivity index (χ4v) is 1.52. The fraction of sp³-hybridized carbons (Fsp3) is 0.333. The van der Waals surface area contributed by atoms with Crippen LogP contribution in [0.1, 0.15) is 19.4 Å². The monoisotopic (exact) mass is 221 g/mol. The Morgan fingerprint density at radius 2 is 1.79 bits per heavy atom. The molecule has 1 rings (SSSR count). The largest absolute Gasteiger partial charge is 0.294 e. The van der Waals surface area contributed by atoms with E-state index in [-0.39, 0.29) is 10.6 Å². The molecule has 0 aromatic heterocycles. The van der Waals surface area contributed by atoms with E-state index in [0.29, 0.717) is 0 Å². The zero-order valence-corrected chi connectivity index (χ0v) is 8.53. The van der Waals surface area contributed by atoms with Crippen LogP contribution < -0.4 is 5.90 Å². The van der Waals surface area contributed by atoms with Crippen LogP contribution in [-0.2, 0) is 10.4 Å². The maximum atomic E-state index is 13.3. The summed E-state index contributed by atoms with van der Waals surface area (Å²) in [7, 11) is 0. The van der Waals surface area contributed by atoms with Crippen LogP contribution in [0.2, 0.25) is 5.02 Å². The minimum Gasteiger partial charge on any atom is -0.294 e. The molecular weight excluding hydrogens is 212 g/mol. The number of hydrogen-bond acceptors (Lipinski definition) is 2. The molecule has 0 aliphatic heterocycles. The van der Waals surface area contributed by atoms with Gasteiger partial charge < -0.3 is 0 Å². The van der Waals surface area contributed by atoms with Crippen LogP contribution in [0.4, 0.5) is 8.78 Å². The Morgan fingerprint density at radius 1 is 1.29 bits per heavy atom. The van der Waals surface area contributed by atoms with Crippen LogP contribution >= 0.6 is 11.6 Å². The lowest BCUT2D eigenvalue weighted by Gasteiger charge is -2.24. The molecule has 2 N–H and O–H groups in total. The highest BCUT2D eigenvalue weighted by molar-refractivity contribution is 6.31. The second kappa shape index (κ2) is 3.81. The molecular formula is C9H10ClF2NO. The lowest BCUT2D eigenvalue weighted by molar-refractivity contribution is -0.0261. The Kier molecular flexibility index (Phi) is 3.09. The minimum absolute atomic E-state index is 0.0818. The van der Waals surface area contributed by atoms with Gasteiger partial charge in [-0.2, -0.15) is 0 Å². The first-order valence-corrected chi connectivity index (χ1v) is 4.30. The van der Waals surface area contributed by atoms with E-state index in [1.807, 2.05) is 0 Å². The number of rotatable bonds is 2. The molecule has 0 saturated heterocycles. The molecule has 0 unspecified atom stereocenters. The van der Waals surface area contributed by atoms with Crippen molar-refractivity contribution in [1.29, 1.82) is 0 Å². The third kappa shape index (κ3) is 1.87. The van der Waals surface area contributed by atoms with Gasteiger partial charge >= 0.3 is 0 Å². The summed E-state index contributed by atoms with van der Waals surface area (Å²) in [5.41, 5.74) is -1.25. The molecule has 0 spiro atoms. The number of halogens is 3. The first-order chi connectivity index (χ1) is 6.40. The van der Waals surface area contributed by atoms with Gasteiger partial charge in [0, 0.05) is 5.56 Å². The van der Waals surface area contributed by atoms with Gasteiger partial charge in [-0.15, -0.1) is 0 Å². The maximum absolute atomic E-state index is 13.3. The first kappa shape index (κ1) is 11.4. The lowest BCUT2D eigenvalue weighted by atomic mass is 9.97. The van der Waals surface area contributed by atoms with Gasteiger partial charge in [0.05, 0.1) is 5.02 Å². The second-order valence-corrected chi connectivity index (χ2v) is 3.72. The molecule has 78 valence electrons. The Labute approximate surface area is 85.6 Å². The van der Waals surface area contributed by atoms with Crippen molar-refractivity contribution in [3.05, 3.63) is 34.4 Å². The van der Waals surface area contributed by atoms with Gasteiger partial charge in [0.1, 0.15) is 17.2 Å². The van der Waals surface area contributed by atoms with Gasteiger partial charge in [-0.25, -0.2) is 14.7 Å². The van der Waals surface area contributed by atoms with Crippen molar-refractivity contribution >= 4 is 11.6 Å². The zero-order chi connectivity index (χ0) is 10.9. The first-order valence-electron chi connectivity index (χ1n) is 3.92. The quantitative estimate of drug-likeness (QED) is 0.616. The molecule has 5 heteroatoms. The van der Waals surface area contributed by atoms with E-state index in [0.717, 1.165) is 12.1 Å². The van der Waals surface area contributed by atoms with E-state index in [1.165, 1.54) is 13.8 Å². The van der Waals surface area contributed by atoms with E-state index in [1.54, 1.807) is 0 Å². The summed E-state index contributed by atoms with van der Waals surface area (Å²) in [5, 5.41) is -0.305. The molecule has 0 bridgehead atoms. The second-order valence-electron chi connectivity index (χ2n) is 3.35. The van der Waals surface area contributed by atoms with E-state index in [2.05, 4.69) is 4.84 Å². The molecule has 0 aliphatic rings. The average molecular weight is 222 g/mol. The van der Waals surface area contributed by atoms with Gasteiger partial charge in [-0.1, -0.05) is 11.6 Å². The van der Waals surface area contributed by atoms with Crippen LogP contribution in [0.25, 0.3) is 0 Å². The summed E-state index contributed by atoms with van der Waals surface area (Å²) in [6.07, 6.45) is 0. The molecule has 1 aromatic rings. The molecule has 0 saturated carbocycles. The minimum atomic E-state index is -1.16. The molecule has 0 fully saturated rings. The van der Waals surface area contributed by atoms with Crippen molar-refractivity contribution in [2.75, 3.05) is 0 Å². The van der Waals surface area contributed by atoms with Crippen molar-refractivity contribution in [1.82, 2.24) is 0 Å². The van der Waals surface area contributed by atoms with Crippen LogP contribution in [-0.4, -0.2) is 0 Å². The zero-order valence-electron chi connectivity index (χ0n) is 7.77. The SMILES string of the molecule is CC(C)(ON)c1c(F)ccc(F)c1Cl. The highest BCUT2D eigenvalue weighted by Crippen LogP contribution is 2.33. The number of benzene rings is 1. The Morgan fingerprint density at radius 3 is 2.29 bits per heavy atom. The summed E-state index contributed by atoms with van der Waals surface area (Å²) in [4.78, 5) is 4.55. The van der Waals surface area contributed by atoms with Crippen LogP contribution in [0.5, 0.6) is 0 Å². The van der Waals surface area contributed by atoms with Gasteiger partial charge in [-0.05, 0) is 26.0 Å². The van der Waals surface area contributed by atoms with Crippen LogP contribution in [0, 0.1) is 11.6 Å². The van der Waals surface area contributed by atoms with E-state index >= 15 is 0 Å². The summed E-state index contributed by atoms with van der Waals surface area (Å²) in [5.74, 6) is 3.63. The highest BCUT2D eigenvalue weighted by atomic mass is 35.5. The van der Waals surface area contributed by atoms with Crippen LogP contribution in [0.3, 0.4) is 0 Å². The smallest absolute Gasteiger partial charge is 0.142 e. The molecule has 1 aromatic carbocycles. The molecule has 0 aliphatic carbocycles. The van der Waals surface area contributed by atoms with E-state index in [9.17, 15) is 8.78 Å². The van der Waals surface area contributed by atoms with Crippen molar-refractivity contribution in [2.24, 2.45) is 5.90 Å².